The Morgan fingerprint density at radius 1 is 1.24 bits per heavy atom. The van der Waals surface area contributed by atoms with Gasteiger partial charge in [0.2, 0.25) is 0 Å². The van der Waals surface area contributed by atoms with Crippen molar-refractivity contribution < 1.29 is 9.31 Å². The van der Waals surface area contributed by atoms with E-state index in [0.29, 0.717) is 6.54 Å². The first-order valence-corrected chi connectivity index (χ1v) is 6.23. The lowest BCUT2D eigenvalue weighted by molar-refractivity contribution is -0.385. The Bertz CT molecular complexity index is 697. The van der Waals surface area contributed by atoms with Crippen LogP contribution in [0.2, 0.25) is 0 Å². The third-order valence-electron chi connectivity index (χ3n) is 2.94. The summed E-state index contributed by atoms with van der Waals surface area (Å²) in [6.07, 6.45) is 1.21. The minimum absolute atomic E-state index is 0.134. The predicted molar refractivity (Wildman–Crippen MR) is 75.2 cm³/mol. The van der Waals surface area contributed by atoms with Crippen molar-refractivity contribution in [2.24, 2.45) is 0 Å². The van der Waals surface area contributed by atoms with Gasteiger partial charge in [0.15, 0.2) is 0 Å². The Labute approximate surface area is 120 Å². The molecule has 0 aliphatic carbocycles. The molecule has 21 heavy (non-hydrogen) atoms. The van der Waals surface area contributed by atoms with Crippen LogP contribution in [0.5, 0.6) is 0 Å². The smallest absolute Gasteiger partial charge is 0.285 e. The lowest BCUT2D eigenvalue weighted by Crippen LogP contribution is -2.29. The van der Waals surface area contributed by atoms with Crippen LogP contribution in [0.4, 0.5) is 10.1 Å². The number of nitro groups is 1. The van der Waals surface area contributed by atoms with Gasteiger partial charge in [-0.2, -0.15) is 0 Å². The Morgan fingerprint density at radius 2 is 1.90 bits per heavy atom. The fourth-order valence-corrected chi connectivity index (χ4v) is 1.95. The van der Waals surface area contributed by atoms with Gasteiger partial charge in [-0.25, -0.2) is 4.39 Å². The number of benzene rings is 1. The van der Waals surface area contributed by atoms with E-state index in [2.05, 4.69) is 0 Å². The second-order valence-electron chi connectivity index (χ2n) is 4.73. The summed E-state index contributed by atoms with van der Waals surface area (Å²) in [6, 6.07) is 8.39. The normalized spacial score (nSPS) is 10.8. The minimum Gasteiger partial charge on any atom is -0.295 e. The number of nitrogens with zero attached hydrogens (tertiary/aromatic N) is 3. The number of halogens is 1. The average Bonchev–Trinajstić information content (AvgIpc) is 2.43. The van der Waals surface area contributed by atoms with Crippen LogP contribution in [-0.2, 0) is 13.2 Å². The maximum absolute atomic E-state index is 12.8. The van der Waals surface area contributed by atoms with Crippen molar-refractivity contribution in [1.29, 1.82) is 0 Å². The van der Waals surface area contributed by atoms with Gasteiger partial charge in [-0.05, 0) is 24.7 Å². The number of hydrogen-bond acceptors (Lipinski definition) is 4. The highest BCUT2D eigenvalue weighted by molar-refractivity contribution is 5.24. The largest absolute Gasteiger partial charge is 0.295 e. The molecule has 110 valence electrons. The summed E-state index contributed by atoms with van der Waals surface area (Å²) in [5, 5.41) is 10.7. The van der Waals surface area contributed by atoms with E-state index in [1.165, 1.54) is 35.0 Å². The summed E-state index contributed by atoms with van der Waals surface area (Å²) < 4.78 is 14.1. The van der Waals surface area contributed by atoms with Crippen LogP contribution in [0.15, 0.2) is 47.4 Å². The van der Waals surface area contributed by atoms with Crippen molar-refractivity contribution in [2.45, 2.75) is 13.2 Å². The highest BCUT2D eigenvalue weighted by Gasteiger charge is 2.09. The molecule has 0 bridgehead atoms. The fraction of sp³-hybridized carbons (Fsp3) is 0.214. The number of pyridine rings is 1. The zero-order valence-electron chi connectivity index (χ0n) is 11.4. The van der Waals surface area contributed by atoms with E-state index in [1.54, 1.807) is 24.1 Å². The molecular weight excluding hydrogens is 277 g/mol. The van der Waals surface area contributed by atoms with Gasteiger partial charge in [0.25, 0.3) is 11.2 Å². The van der Waals surface area contributed by atoms with Crippen LogP contribution in [0.25, 0.3) is 0 Å². The van der Waals surface area contributed by atoms with Crippen molar-refractivity contribution >= 4 is 5.69 Å². The average molecular weight is 291 g/mol. The fourth-order valence-electron chi connectivity index (χ4n) is 1.95. The summed E-state index contributed by atoms with van der Waals surface area (Å²) >= 11 is 0. The van der Waals surface area contributed by atoms with Gasteiger partial charge in [-0.15, -0.1) is 0 Å². The first-order chi connectivity index (χ1) is 9.95. The highest BCUT2D eigenvalue weighted by Crippen LogP contribution is 2.09. The molecule has 7 heteroatoms. The Morgan fingerprint density at radius 3 is 2.52 bits per heavy atom. The van der Waals surface area contributed by atoms with Crippen molar-refractivity contribution in [3.8, 4) is 0 Å². The molecule has 2 rings (SSSR count). The standard InChI is InChI=1S/C14H14FN3O3/c1-16(8-11-2-4-12(15)5-3-11)10-17-9-13(18(20)21)6-7-14(17)19/h2-7,9H,8,10H2,1H3. The van der Waals surface area contributed by atoms with Crippen molar-refractivity contribution in [1.82, 2.24) is 9.47 Å². The van der Waals surface area contributed by atoms with Crippen LogP contribution in [0.1, 0.15) is 5.56 Å². The molecule has 0 unspecified atom stereocenters. The molecule has 0 saturated carbocycles. The zero-order valence-corrected chi connectivity index (χ0v) is 11.4. The van der Waals surface area contributed by atoms with Crippen molar-refractivity contribution in [3.05, 3.63) is 74.4 Å². The molecule has 0 spiro atoms. The summed E-state index contributed by atoms with van der Waals surface area (Å²) in [7, 11) is 1.77. The van der Waals surface area contributed by atoms with E-state index in [1.807, 2.05) is 0 Å². The molecule has 1 aromatic heterocycles. The molecule has 0 N–H and O–H groups in total. The summed E-state index contributed by atoms with van der Waals surface area (Å²) in [6.45, 7) is 0.702. The zero-order chi connectivity index (χ0) is 15.4. The van der Waals surface area contributed by atoms with Crippen LogP contribution in [0.3, 0.4) is 0 Å². The molecule has 0 radical (unpaired) electrons. The lowest BCUT2D eigenvalue weighted by atomic mass is 10.2. The molecule has 0 fully saturated rings. The molecular formula is C14H14FN3O3. The molecule has 1 aromatic carbocycles. The first-order valence-electron chi connectivity index (χ1n) is 6.23. The summed E-state index contributed by atoms with van der Waals surface area (Å²) in [4.78, 5) is 23.7. The monoisotopic (exact) mass is 291 g/mol. The van der Waals surface area contributed by atoms with Gasteiger partial charge in [0.05, 0.1) is 17.8 Å². The summed E-state index contributed by atoms with van der Waals surface area (Å²) in [5.74, 6) is -0.309. The van der Waals surface area contributed by atoms with Gasteiger partial charge in [-0.1, -0.05) is 12.1 Å². The maximum Gasteiger partial charge on any atom is 0.285 e. The van der Waals surface area contributed by atoms with Gasteiger partial charge in [0, 0.05) is 18.7 Å². The van der Waals surface area contributed by atoms with Crippen molar-refractivity contribution in [3.63, 3.8) is 0 Å². The van der Waals surface area contributed by atoms with E-state index in [0.717, 1.165) is 5.56 Å². The quantitative estimate of drug-likeness (QED) is 0.624. The molecule has 6 nitrogen and oxygen atoms in total. The number of rotatable bonds is 5. The predicted octanol–water partition coefficient (Wildman–Crippen LogP) is 1.99. The Kier molecular flexibility index (Phi) is 4.44. The second kappa shape index (κ2) is 6.27. The lowest BCUT2D eigenvalue weighted by Gasteiger charge is -2.17. The molecule has 0 amide bonds. The second-order valence-corrected chi connectivity index (χ2v) is 4.73. The Hall–Kier alpha value is -2.54. The van der Waals surface area contributed by atoms with Gasteiger partial charge >= 0.3 is 0 Å². The Balaban J connectivity index is 2.10. The maximum atomic E-state index is 12.8. The SMILES string of the molecule is CN(Cc1ccc(F)cc1)Cn1cc([N+](=O)[O-])ccc1=O. The van der Waals surface area contributed by atoms with Crippen LogP contribution < -0.4 is 5.56 Å². The molecule has 2 aromatic rings. The molecule has 0 aliphatic heterocycles. The van der Waals surface area contributed by atoms with E-state index in [4.69, 9.17) is 0 Å². The third kappa shape index (κ3) is 3.96. The topological polar surface area (TPSA) is 68.4 Å². The highest BCUT2D eigenvalue weighted by atomic mass is 19.1. The molecule has 0 saturated heterocycles. The number of aromatic nitrogens is 1. The van der Waals surface area contributed by atoms with E-state index in [-0.39, 0.29) is 23.7 Å². The van der Waals surface area contributed by atoms with E-state index >= 15 is 0 Å². The number of hydrogen-bond donors (Lipinski definition) is 0. The molecule has 0 atom stereocenters. The van der Waals surface area contributed by atoms with Gasteiger partial charge < -0.3 is 0 Å². The van der Waals surface area contributed by atoms with E-state index in [9.17, 15) is 19.3 Å². The third-order valence-corrected chi connectivity index (χ3v) is 2.94. The van der Waals surface area contributed by atoms with Crippen LogP contribution >= 0.6 is 0 Å². The van der Waals surface area contributed by atoms with E-state index < -0.39 is 4.92 Å². The van der Waals surface area contributed by atoms with Crippen LogP contribution in [-0.4, -0.2) is 21.4 Å². The van der Waals surface area contributed by atoms with Gasteiger partial charge in [-0.3, -0.25) is 24.4 Å². The first kappa shape index (κ1) is 14.9. The van der Waals surface area contributed by atoms with Gasteiger partial charge in [0.1, 0.15) is 5.82 Å². The minimum atomic E-state index is -0.546. The molecule has 0 aliphatic rings. The van der Waals surface area contributed by atoms with Crippen LogP contribution in [0, 0.1) is 15.9 Å². The summed E-state index contributed by atoms with van der Waals surface area (Å²) in [5.41, 5.74) is 0.439. The molecule has 1 heterocycles. The van der Waals surface area contributed by atoms with Crippen molar-refractivity contribution in [2.75, 3.05) is 7.05 Å².